The molecule has 0 aliphatic carbocycles. The van der Waals surface area contributed by atoms with Crippen LogP contribution in [0.1, 0.15) is 39.0 Å². The minimum Gasteiger partial charge on any atom is -0.356 e. The third kappa shape index (κ3) is 7.40. The second-order valence-electron chi connectivity index (χ2n) is 7.21. The van der Waals surface area contributed by atoms with Gasteiger partial charge in [-0.05, 0) is 39.2 Å². The lowest BCUT2D eigenvalue weighted by molar-refractivity contribution is -0.143. The monoisotopic (exact) mass is 363 g/mol. The molecule has 0 aromatic heterocycles. The van der Waals surface area contributed by atoms with E-state index >= 15 is 0 Å². The Balaban J connectivity index is 1.62. The van der Waals surface area contributed by atoms with Gasteiger partial charge in [-0.25, -0.2) is 0 Å². The number of guanidine groups is 1. The molecule has 25 heavy (non-hydrogen) atoms. The summed E-state index contributed by atoms with van der Waals surface area (Å²) in [5, 5.41) is 6.53. The number of rotatable bonds is 6. The zero-order valence-corrected chi connectivity index (χ0v) is 15.4. The summed E-state index contributed by atoms with van der Waals surface area (Å²) in [7, 11) is 1.70. The van der Waals surface area contributed by atoms with Crippen molar-refractivity contribution in [2.24, 2.45) is 4.99 Å². The maximum atomic E-state index is 12.4. The van der Waals surface area contributed by atoms with Crippen molar-refractivity contribution in [1.29, 1.82) is 0 Å². The van der Waals surface area contributed by atoms with E-state index in [9.17, 15) is 13.2 Å². The zero-order valence-electron chi connectivity index (χ0n) is 15.4. The van der Waals surface area contributed by atoms with Crippen molar-refractivity contribution in [1.82, 2.24) is 20.4 Å². The van der Waals surface area contributed by atoms with Crippen LogP contribution in [0.25, 0.3) is 0 Å². The van der Waals surface area contributed by atoms with Crippen LogP contribution in [0, 0.1) is 0 Å². The molecule has 0 aromatic carbocycles. The van der Waals surface area contributed by atoms with E-state index in [1.165, 1.54) is 30.7 Å². The molecule has 2 unspecified atom stereocenters. The Hall–Kier alpha value is -1.02. The molecule has 2 saturated heterocycles. The third-order valence-electron chi connectivity index (χ3n) is 5.09. The fourth-order valence-corrected chi connectivity index (χ4v) is 3.71. The number of likely N-dealkylation sites (tertiary alicyclic amines) is 2. The van der Waals surface area contributed by atoms with Gasteiger partial charge >= 0.3 is 6.18 Å². The Bertz CT molecular complexity index is 427. The minimum atomic E-state index is -4.12. The third-order valence-corrected chi connectivity index (χ3v) is 5.09. The van der Waals surface area contributed by atoms with E-state index in [0.29, 0.717) is 31.5 Å². The van der Waals surface area contributed by atoms with Crippen LogP contribution in [0.4, 0.5) is 13.2 Å². The highest BCUT2D eigenvalue weighted by molar-refractivity contribution is 5.79. The molecule has 0 spiro atoms. The van der Waals surface area contributed by atoms with E-state index in [1.807, 2.05) is 0 Å². The molecule has 2 N–H and O–H groups in total. The van der Waals surface area contributed by atoms with E-state index in [-0.39, 0.29) is 6.04 Å². The van der Waals surface area contributed by atoms with Crippen molar-refractivity contribution < 1.29 is 13.2 Å². The molecule has 2 fully saturated rings. The lowest BCUT2D eigenvalue weighted by atomic mass is 10.0. The smallest absolute Gasteiger partial charge is 0.356 e. The predicted octanol–water partition coefficient (Wildman–Crippen LogP) is 2.05. The molecule has 2 aliphatic heterocycles. The summed E-state index contributed by atoms with van der Waals surface area (Å²) in [4.78, 5) is 8.17. The van der Waals surface area contributed by atoms with Crippen molar-refractivity contribution in [2.45, 2.75) is 57.3 Å². The summed E-state index contributed by atoms with van der Waals surface area (Å²) < 4.78 is 37.3. The summed E-state index contributed by atoms with van der Waals surface area (Å²) in [6.45, 7) is 5.43. The van der Waals surface area contributed by atoms with Crippen LogP contribution in [-0.4, -0.2) is 80.3 Å². The van der Waals surface area contributed by atoms with Crippen molar-refractivity contribution in [2.75, 3.05) is 46.3 Å². The van der Waals surface area contributed by atoms with Gasteiger partial charge in [0.25, 0.3) is 0 Å². The number of alkyl halides is 3. The quantitative estimate of drug-likeness (QED) is 0.431. The Morgan fingerprint density at radius 2 is 2.00 bits per heavy atom. The van der Waals surface area contributed by atoms with Crippen molar-refractivity contribution in [3.05, 3.63) is 0 Å². The summed E-state index contributed by atoms with van der Waals surface area (Å²) in [5.41, 5.74) is 0. The molecular formula is C17H32F3N5. The molecule has 0 bridgehead atoms. The van der Waals surface area contributed by atoms with E-state index < -0.39 is 12.7 Å². The zero-order chi connectivity index (χ0) is 18.3. The Morgan fingerprint density at radius 3 is 2.68 bits per heavy atom. The van der Waals surface area contributed by atoms with Crippen LogP contribution in [0.3, 0.4) is 0 Å². The first-order chi connectivity index (χ1) is 11.9. The van der Waals surface area contributed by atoms with Crippen LogP contribution >= 0.6 is 0 Å². The average molecular weight is 363 g/mol. The summed E-state index contributed by atoms with van der Waals surface area (Å²) in [6.07, 6.45) is 1.53. The number of nitrogens with zero attached hydrogens (tertiary/aromatic N) is 3. The van der Waals surface area contributed by atoms with Gasteiger partial charge in [0.15, 0.2) is 5.96 Å². The van der Waals surface area contributed by atoms with Gasteiger partial charge in [-0.2, -0.15) is 13.2 Å². The number of piperidine rings is 1. The second kappa shape index (κ2) is 9.62. The molecule has 2 atom stereocenters. The molecule has 0 saturated carbocycles. The minimum absolute atomic E-state index is 0.0238. The molecule has 2 rings (SSSR count). The van der Waals surface area contributed by atoms with Gasteiger partial charge in [0.2, 0.25) is 0 Å². The first kappa shape index (κ1) is 20.3. The van der Waals surface area contributed by atoms with Gasteiger partial charge < -0.3 is 15.5 Å². The summed E-state index contributed by atoms with van der Waals surface area (Å²) >= 11 is 0. The van der Waals surface area contributed by atoms with Gasteiger partial charge in [0, 0.05) is 45.3 Å². The molecule has 2 heterocycles. The molecule has 8 heteroatoms. The number of aliphatic imine (C=N–C) groups is 1. The summed E-state index contributed by atoms with van der Waals surface area (Å²) in [5.74, 6) is 0.686. The lowest BCUT2D eigenvalue weighted by Gasteiger charge is -2.33. The fraction of sp³-hybridized carbons (Fsp3) is 0.941. The Labute approximate surface area is 149 Å². The predicted molar refractivity (Wildman–Crippen MR) is 94.9 cm³/mol. The maximum Gasteiger partial charge on any atom is 0.401 e. The molecule has 0 aromatic rings. The molecule has 0 radical (unpaired) electrons. The SMILES string of the molecule is CN=C(NCCCN1CCCCC1C)NC1CCN(CC(F)(F)F)C1. The van der Waals surface area contributed by atoms with Crippen LogP contribution < -0.4 is 10.6 Å². The van der Waals surface area contributed by atoms with Crippen molar-refractivity contribution >= 4 is 5.96 Å². The van der Waals surface area contributed by atoms with Crippen LogP contribution in [0.2, 0.25) is 0 Å². The molecule has 146 valence electrons. The van der Waals surface area contributed by atoms with Gasteiger partial charge in [0.1, 0.15) is 0 Å². The number of halogens is 3. The number of hydrogen-bond acceptors (Lipinski definition) is 3. The highest BCUT2D eigenvalue weighted by Gasteiger charge is 2.34. The lowest BCUT2D eigenvalue weighted by Crippen LogP contribution is -2.46. The molecule has 5 nitrogen and oxygen atoms in total. The largest absolute Gasteiger partial charge is 0.401 e. The normalized spacial score (nSPS) is 26.8. The van der Waals surface area contributed by atoms with Gasteiger partial charge in [-0.3, -0.25) is 9.89 Å². The highest BCUT2D eigenvalue weighted by Crippen LogP contribution is 2.20. The molecular weight excluding hydrogens is 331 g/mol. The standard InChI is InChI=1S/C17H32F3N5/c1-14-6-3-4-9-25(14)10-5-8-22-16(21-2)23-15-7-11-24(12-15)13-17(18,19)20/h14-15H,3-13H2,1-2H3,(H2,21,22,23). The Kier molecular flexibility index (Phi) is 7.81. The van der Waals surface area contributed by atoms with Gasteiger partial charge in [-0.15, -0.1) is 0 Å². The number of nitrogens with one attached hydrogen (secondary N) is 2. The van der Waals surface area contributed by atoms with Crippen molar-refractivity contribution in [3.8, 4) is 0 Å². The van der Waals surface area contributed by atoms with Crippen LogP contribution in [0.5, 0.6) is 0 Å². The van der Waals surface area contributed by atoms with Gasteiger partial charge in [-0.1, -0.05) is 6.42 Å². The van der Waals surface area contributed by atoms with Gasteiger partial charge in [0.05, 0.1) is 6.54 Å². The average Bonchev–Trinajstić information content (AvgIpc) is 2.96. The summed E-state index contributed by atoms with van der Waals surface area (Å²) in [6, 6.07) is 0.694. The fourth-order valence-electron chi connectivity index (χ4n) is 3.71. The Morgan fingerprint density at radius 1 is 1.20 bits per heavy atom. The van der Waals surface area contributed by atoms with Crippen LogP contribution in [-0.2, 0) is 0 Å². The van der Waals surface area contributed by atoms with Crippen LogP contribution in [0.15, 0.2) is 4.99 Å². The first-order valence-electron chi connectivity index (χ1n) is 9.37. The first-order valence-corrected chi connectivity index (χ1v) is 9.37. The van der Waals surface area contributed by atoms with Crippen molar-refractivity contribution in [3.63, 3.8) is 0 Å². The van der Waals surface area contributed by atoms with E-state index in [1.54, 1.807) is 7.05 Å². The highest BCUT2D eigenvalue weighted by atomic mass is 19.4. The second-order valence-corrected chi connectivity index (χ2v) is 7.21. The maximum absolute atomic E-state index is 12.4. The van der Waals surface area contributed by atoms with E-state index in [0.717, 1.165) is 19.5 Å². The van der Waals surface area contributed by atoms with E-state index in [4.69, 9.17) is 0 Å². The van der Waals surface area contributed by atoms with E-state index in [2.05, 4.69) is 27.4 Å². The molecule has 2 aliphatic rings. The molecule has 0 amide bonds. The topological polar surface area (TPSA) is 42.9 Å². The number of hydrogen-bond donors (Lipinski definition) is 2.